The maximum absolute atomic E-state index is 13.4. The van der Waals surface area contributed by atoms with Gasteiger partial charge in [-0.3, -0.25) is 24.5 Å². The van der Waals surface area contributed by atoms with Crippen molar-refractivity contribution in [1.29, 1.82) is 0 Å². The van der Waals surface area contributed by atoms with E-state index in [1.807, 2.05) is 4.90 Å². The third-order valence-corrected chi connectivity index (χ3v) is 5.29. The molecule has 4 rings (SSSR count). The van der Waals surface area contributed by atoms with Crippen molar-refractivity contribution < 1.29 is 19.3 Å². The summed E-state index contributed by atoms with van der Waals surface area (Å²) in [6, 6.07) is 12.1. The quantitative estimate of drug-likeness (QED) is 0.452. The van der Waals surface area contributed by atoms with E-state index in [2.05, 4.69) is 5.32 Å². The number of nitrogens with one attached hydrogen (secondary N) is 1. The zero-order valence-corrected chi connectivity index (χ0v) is 16.8. The standard InChI is InChI=1S/C22H20N4O5/c1-14(27)23-16-6-10-17(11-7-16)25-21(28)19(15-4-8-18(9-5-15)26(30)31)20(22(25)29)24-12-2-3-13-24/h4-11H,2-3,12-13H2,1H3,(H,23,27). The number of amides is 3. The fourth-order valence-corrected chi connectivity index (χ4v) is 3.89. The molecule has 1 N–H and O–H groups in total. The summed E-state index contributed by atoms with van der Waals surface area (Å²) in [6.45, 7) is 2.73. The lowest BCUT2D eigenvalue weighted by atomic mass is 10.0. The Kier molecular flexibility index (Phi) is 5.24. The van der Waals surface area contributed by atoms with Crippen LogP contribution in [0.15, 0.2) is 54.2 Å². The minimum atomic E-state index is -0.510. The van der Waals surface area contributed by atoms with E-state index in [9.17, 15) is 24.5 Å². The average molecular weight is 420 g/mol. The molecule has 0 saturated carbocycles. The van der Waals surface area contributed by atoms with E-state index >= 15 is 0 Å². The zero-order valence-electron chi connectivity index (χ0n) is 16.8. The van der Waals surface area contributed by atoms with Crippen LogP contribution in [0.5, 0.6) is 0 Å². The van der Waals surface area contributed by atoms with E-state index in [0.29, 0.717) is 35.7 Å². The van der Waals surface area contributed by atoms with Crippen molar-refractivity contribution in [2.75, 3.05) is 23.3 Å². The van der Waals surface area contributed by atoms with Gasteiger partial charge in [-0.25, -0.2) is 4.90 Å². The van der Waals surface area contributed by atoms with Crippen molar-refractivity contribution in [2.24, 2.45) is 0 Å². The van der Waals surface area contributed by atoms with Crippen LogP contribution < -0.4 is 10.2 Å². The molecule has 31 heavy (non-hydrogen) atoms. The van der Waals surface area contributed by atoms with Gasteiger partial charge in [0.25, 0.3) is 17.5 Å². The first-order valence-electron chi connectivity index (χ1n) is 9.87. The molecule has 2 aliphatic heterocycles. The predicted octanol–water partition coefficient (Wildman–Crippen LogP) is 2.93. The first kappa shape index (κ1) is 20.3. The van der Waals surface area contributed by atoms with E-state index in [4.69, 9.17) is 0 Å². The van der Waals surface area contributed by atoms with Crippen LogP contribution >= 0.6 is 0 Å². The van der Waals surface area contributed by atoms with Crippen LogP contribution in [-0.4, -0.2) is 40.6 Å². The van der Waals surface area contributed by atoms with Gasteiger partial charge in [-0.15, -0.1) is 0 Å². The molecule has 1 saturated heterocycles. The summed E-state index contributed by atoms with van der Waals surface area (Å²) in [5.74, 6) is -1.12. The van der Waals surface area contributed by atoms with Crippen LogP contribution in [0.4, 0.5) is 17.1 Å². The Morgan fingerprint density at radius 1 is 0.968 bits per heavy atom. The topological polar surface area (TPSA) is 113 Å². The summed E-state index contributed by atoms with van der Waals surface area (Å²) >= 11 is 0. The molecule has 0 bridgehead atoms. The molecule has 0 unspecified atom stereocenters. The maximum Gasteiger partial charge on any atom is 0.282 e. The van der Waals surface area contributed by atoms with Gasteiger partial charge in [0.1, 0.15) is 5.70 Å². The molecule has 0 aliphatic carbocycles. The molecule has 9 nitrogen and oxygen atoms in total. The molecule has 2 aromatic rings. The van der Waals surface area contributed by atoms with Crippen molar-refractivity contribution in [3.05, 3.63) is 69.9 Å². The van der Waals surface area contributed by atoms with Crippen molar-refractivity contribution >= 4 is 40.4 Å². The molecular formula is C22H20N4O5. The van der Waals surface area contributed by atoms with Crippen molar-refractivity contribution in [3.63, 3.8) is 0 Å². The zero-order chi connectivity index (χ0) is 22.1. The van der Waals surface area contributed by atoms with Gasteiger partial charge in [-0.1, -0.05) is 0 Å². The van der Waals surface area contributed by atoms with Gasteiger partial charge in [-0.2, -0.15) is 0 Å². The summed E-state index contributed by atoms with van der Waals surface area (Å²) in [5.41, 5.74) is 1.88. The lowest BCUT2D eigenvalue weighted by molar-refractivity contribution is -0.384. The Hall–Kier alpha value is -4.01. The molecule has 2 aliphatic rings. The van der Waals surface area contributed by atoms with Crippen molar-refractivity contribution in [1.82, 2.24) is 4.90 Å². The van der Waals surface area contributed by atoms with E-state index < -0.39 is 16.7 Å². The first-order valence-corrected chi connectivity index (χ1v) is 9.87. The van der Waals surface area contributed by atoms with Crippen LogP contribution in [0.3, 0.4) is 0 Å². The molecule has 2 aromatic carbocycles. The van der Waals surface area contributed by atoms with Crippen LogP contribution in [0.2, 0.25) is 0 Å². The summed E-state index contributed by atoms with van der Waals surface area (Å²) in [7, 11) is 0. The first-order chi connectivity index (χ1) is 14.9. The molecule has 0 atom stereocenters. The van der Waals surface area contributed by atoms with Gasteiger partial charge in [0.15, 0.2) is 0 Å². The smallest absolute Gasteiger partial charge is 0.282 e. The number of non-ortho nitro benzene ring substituents is 1. The maximum atomic E-state index is 13.4. The van der Waals surface area contributed by atoms with E-state index in [0.717, 1.165) is 17.7 Å². The molecule has 0 aromatic heterocycles. The number of anilines is 2. The van der Waals surface area contributed by atoms with Crippen LogP contribution in [-0.2, 0) is 14.4 Å². The number of carbonyl (C=O) groups is 3. The summed E-state index contributed by atoms with van der Waals surface area (Å²) in [4.78, 5) is 51.5. The Balaban J connectivity index is 1.73. The molecule has 9 heteroatoms. The normalized spacial score (nSPS) is 16.3. The summed E-state index contributed by atoms with van der Waals surface area (Å²) in [5, 5.41) is 13.6. The number of nitrogens with zero attached hydrogens (tertiary/aromatic N) is 3. The second kappa shape index (κ2) is 8.02. The Labute approximate surface area is 178 Å². The third kappa shape index (κ3) is 3.77. The highest BCUT2D eigenvalue weighted by Gasteiger charge is 2.43. The number of hydrogen-bond acceptors (Lipinski definition) is 6. The highest BCUT2D eigenvalue weighted by Crippen LogP contribution is 2.36. The minimum Gasteiger partial charge on any atom is -0.366 e. The highest BCUT2D eigenvalue weighted by molar-refractivity contribution is 6.45. The number of hydrogen-bond donors (Lipinski definition) is 1. The van der Waals surface area contributed by atoms with Gasteiger partial charge in [0.05, 0.1) is 16.2 Å². The lowest BCUT2D eigenvalue weighted by Crippen LogP contribution is -2.34. The SMILES string of the molecule is CC(=O)Nc1ccc(N2C(=O)C(c3ccc([N+](=O)[O-])cc3)=C(N3CCCC3)C2=O)cc1. The minimum absolute atomic E-state index is 0.0886. The fraction of sp³-hybridized carbons (Fsp3) is 0.227. The van der Waals surface area contributed by atoms with Crippen LogP contribution in [0, 0.1) is 10.1 Å². The molecule has 0 spiro atoms. The average Bonchev–Trinajstić information content (AvgIpc) is 3.34. The van der Waals surface area contributed by atoms with E-state index in [-0.39, 0.29) is 17.2 Å². The van der Waals surface area contributed by atoms with Gasteiger partial charge in [0.2, 0.25) is 5.91 Å². The van der Waals surface area contributed by atoms with Gasteiger partial charge in [-0.05, 0) is 54.8 Å². The Morgan fingerprint density at radius 3 is 2.13 bits per heavy atom. The van der Waals surface area contributed by atoms with Gasteiger partial charge < -0.3 is 10.2 Å². The fourth-order valence-electron chi connectivity index (χ4n) is 3.89. The number of nitro groups is 1. The molecular weight excluding hydrogens is 400 g/mol. The molecule has 0 radical (unpaired) electrons. The van der Waals surface area contributed by atoms with Gasteiger partial charge in [0, 0.05) is 37.8 Å². The van der Waals surface area contributed by atoms with Crippen LogP contribution in [0.25, 0.3) is 5.57 Å². The molecule has 158 valence electrons. The lowest BCUT2D eigenvalue weighted by Gasteiger charge is -2.20. The summed E-state index contributed by atoms with van der Waals surface area (Å²) < 4.78 is 0. The van der Waals surface area contributed by atoms with Crippen molar-refractivity contribution in [2.45, 2.75) is 19.8 Å². The molecule has 2 heterocycles. The number of carbonyl (C=O) groups excluding carboxylic acids is 3. The number of rotatable bonds is 5. The number of nitro benzene ring substituents is 1. The number of imide groups is 1. The van der Waals surface area contributed by atoms with Gasteiger partial charge >= 0.3 is 0 Å². The van der Waals surface area contributed by atoms with E-state index in [1.54, 1.807) is 24.3 Å². The Morgan fingerprint density at radius 2 is 1.58 bits per heavy atom. The largest absolute Gasteiger partial charge is 0.366 e. The third-order valence-electron chi connectivity index (χ3n) is 5.29. The number of benzene rings is 2. The highest BCUT2D eigenvalue weighted by atomic mass is 16.6. The second-order valence-electron chi connectivity index (χ2n) is 7.40. The van der Waals surface area contributed by atoms with E-state index in [1.165, 1.54) is 31.2 Å². The summed E-state index contributed by atoms with van der Waals surface area (Å²) in [6.07, 6.45) is 1.84. The van der Waals surface area contributed by atoms with Crippen LogP contribution in [0.1, 0.15) is 25.3 Å². The second-order valence-corrected chi connectivity index (χ2v) is 7.40. The predicted molar refractivity (Wildman–Crippen MR) is 114 cm³/mol. The molecule has 1 fully saturated rings. The number of likely N-dealkylation sites (tertiary alicyclic amines) is 1. The monoisotopic (exact) mass is 420 g/mol. The Bertz CT molecular complexity index is 1100. The van der Waals surface area contributed by atoms with Crippen molar-refractivity contribution in [3.8, 4) is 0 Å². The molecule has 3 amide bonds.